The number of anilines is 1. The Morgan fingerprint density at radius 3 is 2.83 bits per heavy atom. The van der Waals surface area contributed by atoms with Crippen LogP contribution in [0.1, 0.15) is 12.5 Å². The molecule has 3 aromatic rings. The Kier molecular flexibility index (Phi) is 8.22. The van der Waals surface area contributed by atoms with E-state index in [4.69, 9.17) is 4.74 Å². The number of ether oxygens (including phenoxy) is 1. The number of carbonyl (C=O) groups excluding carboxylic acids is 1. The van der Waals surface area contributed by atoms with Gasteiger partial charge in [-0.25, -0.2) is 14.6 Å². The maximum atomic E-state index is 12.1. The molecule has 1 amide bonds. The molecule has 158 valence electrons. The summed E-state index contributed by atoms with van der Waals surface area (Å²) in [5, 5.41) is 12.1. The molecule has 3 rings (SSSR count). The summed E-state index contributed by atoms with van der Waals surface area (Å²) in [6, 6.07) is 9.71. The number of hydrogen-bond donors (Lipinski definition) is 2. The lowest BCUT2D eigenvalue weighted by molar-refractivity contribution is -0.116. The van der Waals surface area contributed by atoms with Crippen molar-refractivity contribution >= 4 is 40.6 Å². The summed E-state index contributed by atoms with van der Waals surface area (Å²) in [6.45, 7) is 4.87. The lowest BCUT2D eigenvalue weighted by Crippen LogP contribution is -2.25. The largest absolute Gasteiger partial charge is 0.380 e. The van der Waals surface area contributed by atoms with Gasteiger partial charge in [0, 0.05) is 25.8 Å². The number of rotatable bonds is 11. The highest BCUT2D eigenvalue weighted by Crippen LogP contribution is 2.23. The molecule has 30 heavy (non-hydrogen) atoms. The molecule has 0 aliphatic carbocycles. The molecule has 2 N–H and O–H groups in total. The molecule has 8 nitrogen and oxygen atoms in total. The van der Waals surface area contributed by atoms with E-state index >= 15 is 0 Å². The predicted octanol–water partition coefficient (Wildman–Crippen LogP) is 2.83. The summed E-state index contributed by atoms with van der Waals surface area (Å²) in [6.07, 6.45) is 7.01. The molecule has 0 saturated heterocycles. The van der Waals surface area contributed by atoms with Crippen molar-refractivity contribution in [2.75, 3.05) is 37.9 Å². The van der Waals surface area contributed by atoms with Crippen LogP contribution in [0.25, 0.3) is 17.1 Å². The van der Waals surface area contributed by atoms with Crippen LogP contribution >= 0.6 is 11.8 Å². The molecule has 0 bridgehead atoms. The minimum Gasteiger partial charge on any atom is -0.380 e. The van der Waals surface area contributed by atoms with Crippen molar-refractivity contribution < 1.29 is 9.53 Å². The Labute approximate surface area is 180 Å². The van der Waals surface area contributed by atoms with Crippen LogP contribution in [0.3, 0.4) is 0 Å². The standard InChI is InChI=1S/C21H26N6O2S/c1-3-29-14-12-23-19-17-15-24-27(20(17)26-21(25-19)30-2)13-11-22-18(28)10-9-16-7-5-4-6-8-16/h4-10,15H,3,11-14H2,1-2H3,(H,22,28)(H,23,25,26)/b10-9-. The summed E-state index contributed by atoms with van der Waals surface area (Å²) >= 11 is 1.47. The van der Waals surface area contributed by atoms with Gasteiger partial charge < -0.3 is 15.4 Å². The van der Waals surface area contributed by atoms with Crippen LogP contribution in [-0.4, -0.2) is 58.2 Å². The van der Waals surface area contributed by atoms with Gasteiger partial charge in [0.25, 0.3) is 0 Å². The zero-order valence-corrected chi connectivity index (χ0v) is 18.0. The minimum atomic E-state index is -0.145. The van der Waals surface area contributed by atoms with E-state index in [-0.39, 0.29) is 5.91 Å². The number of fused-ring (bicyclic) bond motifs is 1. The fourth-order valence-corrected chi connectivity index (χ4v) is 3.15. The van der Waals surface area contributed by atoms with Crippen molar-refractivity contribution in [3.05, 3.63) is 48.2 Å². The van der Waals surface area contributed by atoms with Gasteiger partial charge >= 0.3 is 0 Å². The first-order valence-electron chi connectivity index (χ1n) is 9.81. The average Bonchev–Trinajstić information content (AvgIpc) is 3.19. The molecule has 0 unspecified atom stereocenters. The van der Waals surface area contributed by atoms with Crippen molar-refractivity contribution in [1.82, 2.24) is 25.1 Å². The third-order valence-electron chi connectivity index (χ3n) is 4.25. The Hall–Kier alpha value is -2.91. The lowest BCUT2D eigenvalue weighted by Gasteiger charge is -2.09. The number of nitrogens with zero attached hydrogens (tertiary/aromatic N) is 4. The van der Waals surface area contributed by atoms with Crippen LogP contribution < -0.4 is 10.6 Å². The van der Waals surface area contributed by atoms with Crippen LogP contribution in [0.15, 0.2) is 47.8 Å². The van der Waals surface area contributed by atoms with E-state index < -0.39 is 0 Å². The Morgan fingerprint density at radius 1 is 1.23 bits per heavy atom. The van der Waals surface area contributed by atoms with E-state index in [9.17, 15) is 4.79 Å². The van der Waals surface area contributed by atoms with Crippen molar-refractivity contribution in [3.63, 3.8) is 0 Å². The Morgan fingerprint density at radius 2 is 2.07 bits per heavy atom. The van der Waals surface area contributed by atoms with E-state index in [0.29, 0.717) is 38.0 Å². The van der Waals surface area contributed by atoms with Gasteiger partial charge in [0.2, 0.25) is 5.91 Å². The maximum Gasteiger partial charge on any atom is 0.244 e. The van der Waals surface area contributed by atoms with Crippen molar-refractivity contribution in [1.29, 1.82) is 0 Å². The highest BCUT2D eigenvalue weighted by atomic mass is 32.2. The quantitative estimate of drug-likeness (QED) is 0.211. The second-order valence-electron chi connectivity index (χ2n) is 6.32. The molecule has 0 aliphatic heterocycles. The molecule has 2 aromatic heterocycles. The molecule has 0 saturated carbocycles. The van der Waals surface area contributed by atoms with Crippen molar-refractivity contribution in [3.8, 4) is 0 Å². The molecule has 0 aliphatic rings. The number of benzene rings is 1. The van der Waals surface area contributed by atoms with Crippen LogP contribution in [0.2, 0.25) is 0 Å². The fourth-order valence-electron chi connectivity index (χ4n) is 2.79. The second-order valence-corrected chi connectivity index (χ2v) is 7.10. The molecule has 1 aromatic carbocycles. The number of aromatic nitrogens is 4. The number of hydrogen-bond acceptors (Lipinski definition) is 7. The average molecular weight is 427 g/mol. The molecule has 0 fully saturated rings. The van der Waals surface area contributed by atoms with Crippen LogP contribution in [0.4, 0.5) is 5.82 Å². The van der Waals surface area contributed by atoms with E-state index in [2.05, 4.69) is 25.7 Å². The minimum absolute atomic E-state index is 0.145. The smallest absolute Gasteiger partial charge is 0.244 e. The summed E-state index contributed by atoms with van der Waals surface area (Å²) in [5.74, 6) is 0.596. The highest BCUT2D eigenvalue weighted by Gasteiger charge is 2.12. The van der Waals surface area contributed by atoms with Crippen LogP contribution in [0, 0.1) is 0 Å². The van der Waals surface area contributed by atoms with Gasteiger partial charge in [0.1, 0.15) is 5.82 Å². The first-order valence-corrected chi connectivity index (χ1v) is 11.0. The fraction of sp³-hybridized carbons (Fsp3) is 0.333. The molecular weight excluding hydrogens is 400 g/mol. The van der Waals surface area contributed by atoms with Gasteiger partial charge in [-0.3, -0.25) is 4.79 Å². The molecule has 0 spiro atoms. The monoisotopic (exact) mass is 426 g/mol. The third kappa shape index (κ3) is 6.04. The number of thioether (sulfide) groups is 1. The Bertz CT molecular complexity index is 990. The molecule has 0 radical (unpaired) electrons. The van der Waals surface area contributed by atoms with Gasteiger partial charge in [-0.05, 0) is 24.8 Å². The predicted molar refractivity (Wildman–Crippen MR) is 121 cm³/mol. The Balaban J connectivity index is 1.61. The van der Waals surface area contributed by atoms with E-state index in [1.54, 1.807) is 17.0 Å². The van der Waals surface area contributed by atoms with Gasteiger partial charge in [0.15, 0.2) is 10.8 Å². The van der Waals surface area contributed by atoms with Crippen molar-refractivity contribution in [2.24, 2.45) is 0 Å². The summed E-state index contributed by atoms with van der Waals surface area (Å²) < 4.78 is 7.16. The van der Waals surface area contributed by atoms with E-state index in [1.807, 2.05) is 43.5 Å². The zero-order valence-electron chi connectivity index (χ0n) is 17.2. The number of carbonyl (C=O) groups is 1. The van der Waals surface area contributed by atoms with Crippen LogP contribution in [0.5, 0.6) is 0 Å². The van der Waals surface area contributed by atoms with Gasteiger partial charge in [-0.2, -0.15) is 5.10 Å². The van der Waals surface area contributed by atoms with Gasteiger partial charge in [-0.15, -0.1) is 0 Å². The van der Waals surface area contributed by atoms with Crippen molar-refractivity contribution in [2.45, 2.75) is 18.6 Å². The zero-order chi connectivity index (χ0) is 21.2. The maximum absolute atomic E-state index is 12.1. The second kappa shape index (κ2) is 11.3. The third-order valence-corrected chi connectivity index (χ3v) is 4.80. The molecule has 0 atom stereocenters. The van der Waals surface area contributed by atoms with Gasteiger partial charge in [-0.1, -0.05) is 42.1 Å². The lowest BCUT2D eigenvalue weighted by atomic mass is 10.2. The number of amides is 1. The topological polar surface area (TPSA) is 94.0 Å². The van der Waals surface area contributed by atoms with E-state index in [1.165, 1.54) is 17.8 Å². The molecule has 2 heterocycles. The van der Waals surface area contributed by atoms with Gasteiger partial charge in [0.05, 0.1) is 24.7 Å². The normalized spacial score (nSPS) is 11.3. The number of nitrogens with one attached hydrogen (secondary N) is 2. The SMILES string of the molecule is CCOCCNc1nc(SC)nc2c1cnn2CCNC(=O)/C=C\c1ccccc1. The highest BCUT2D eigenvalue weighted by molar-refractivity contribution is 7.98. The summed E-state index contributed by atoms with van der Waals surface area (Å²) in [4.78, 5) is 21.2. The first kappa shape index (κ1) is 21.8. The molecular formula is C21H26N6O2S. The molecule has 9 heteroatoms. The van der Waals surface area contributed by atoms with Crippen LogP contribution in [-0.2, 0) is 16.1 Å². The van der Waals surface area contributed by atoms with E-state index in [0.717, 1.165) is 22.4 Å². The summed E-state index contributed by atoms with van der Waals surface area (Å²) in [5.41, 5.74) is 1.72. The summed E-state index contributed by atoms with van der Waals surface area (Å²) in [7, 11) is 0. The first-order chi connectivity index (χ1) is 14.7.